The number of methoxy groups -OCH3 is 3. The molecule has 178 valence electrons. The van der Waals surface area contributed by atoms with Gasteiger partial charge < -0.3 is 19.5 Å². The minimum Gasteiger partial charge on any atom is -0.496 e. The van der Waals surface area contributed by atoms with E-state index in [4.69, 9.17) is 14.2 Å². The summed E-state index contributed by atoms with van der Waals surface area (Å²) in [7, 11) is 0.220. The molecule has 34 heavy (non-hydrogen) atoms. The maximum atomic E-state index is 13.3. The molecule has 1 aliphatic heterocycles. The lowest BCUT2D eigenvalue weighted by Crippen LogP contribution is -2.16. The highest BCUT2D eigenvalue weighted by atomic mass is 32.2. The summed E-state index contributed by atoms with van der Waals surface area (Å²) in [5.74, 6) is 0.896. The second-order valence-electron chi connectivity index (χ2n) is 7.79. The minimum absolute atomic E-state index is 0.107. The van der Waals surface area contributed by atoms with Crippen LogP contribution in [0.1, 0.15) is 16.8 Å². The molecule has 0 unspecified atom stereocenters. The van der Waals surface area contributed by atoms with E-state index in [0.29, 0.717) is 23.2 Å². The Bertz CT molecular complexity index is 1430. The molecule has 3 N–H and O–H groups in total. The molecule has 0 fully saturated rings. The minimum atomic E-state index is -4.10. The molecule has 3 heterocycles. The molecule has 0 spiro atoms. The van der Waals surface area contributed by atoms with Gasteiger partial charge in [0.2, 0.25) is 0 Å². The molecule has 0 radical (unpaired) electrons. The number of rotatable bonds is 8. The molecule has 2 aromatic heterocycles. The first kappa shape index (κ1) is 22.0. The van der Waals surface area contributed by atoms with Crippen molar-refractivity contribution in [2.24, 2.45) is 0 Å². The number of ether oxygens (including phenoxy) is 3. The van der Waals surface area contributed by atoms with Crippen molar-refractivity contribution >= 4 is 26.7 Å². The third-order valence-electron chi connectivity index (χ3n) is 5.67. The SMILES string of the molecule is COc1cccc(OC)c1S(=O)(=O)Nc1n[nH]c2cc(Cn3cc4c(n3)CNC4)cc(OC)c12. The maximum absolute atomic E-state index is 13.3. The molecule has 0 saturated heterocycles. The van der Waals surface area contributed by atoms with E-state index in [1.54, 1.807) is 18.2 Å². The van der Waals surface area contributed by atoms with E-state index in [1.165, 1.54) is 26.9 Å². The molecule has 12 heteroatoms. The molecule has 0 aliphatic carbocycles. The van der Waals surface area contributed by atoms with E-state index >= 15 is 0 Å². The Morgan fingerprint density at radius 1 is 1.06 bits per heavy atom. The Balaban J connectivity index is 1.50. The average molecular weight is 485 g/mol. The largest absolute Gasteiger partial charge is 0.496 e. The summed E-state index contributed by atoms with van der Waals surface area (Å²) in [6.07, 6.45) is 2.03. The van der Waals surface area contributed by atoms with E-state index in [-0.39, 0.29) is 22.2 Å². The van der Waals surface area contributed by atoms with Crippen molar-refractivity contribution in [1.29, 1.82) is 0 Å². The predicted octanol–water partition coefficient (Wildman–Crippen LogP) is 2.24. The van der Waals surface area contributed by atoms with Crippen LogP contribution in [0.2, 0.25) is 0 Å². The summed E-state index contributed by atoms with van der Waals surface area (Å²) in [6, 6.07) is 8.50. The third kappa shape index (κ3) is 3.80. The van der Waals surface area contributed by atoms with Crippen molar-refractivity contribution in [3.63, 3.8) is 0 Å². The average Bonchev–Trinajstić information content (AvgIpc) is 3.53. The summed E-state index contributed by atoms with van der Waals surface area (Å²) in [5.41, 5.74) is 3.81. The lowest BCUT2D eigenvalue weighted by atomic mass is 10.1. The van der Waals surface area contributed by atoms with Gasteiger partial charge >= 0.3 is 0 Å². The number of H-pyrrole nitrogens is 1. The predicted molar refractivity (Wildman–Crippen MR) is 125 cm³/mol. The fourth-order valence-electron chi connectivity index (χ4n) is 4.15. The van der Waals surface area contributed by atoms with Crippen LogP contribution in [0, 0.1) is 0 Å². The van der Waals surface area contributed by atoms with Crippen molar-refractivity contribution in [1.82, 2.24) is 25.3 Å². The number of nitrogens with one attached hydrogen (secondary N) is 3. The highest BCUT2D eigenvalue weighted by molar-refractivity contribution is 7.93. The monoisotopic (exact) mass is 484 g/mol. The number of nitrogens with zero attached hydrogens (tertiary/aromatic N) is 3. The van der Waals surface area contributed by atoms with Crippen LogP contribution in [0.3, 0.4) is 0 Å². The van der Waals surface area contributed by atoms with Crippen LogP contribution in [0.4, 0.5) is 5.82 Å². The van der Waals surface area contributed by atoms with E-state index in [2.05, 4.69) is 25.3 Å². The van der Waals surface area contributed by atoms with E-state index in [1.807, 2.05) is 23.0 Å². The van der Waals surface area contributed by atoms with Crippen LogP contribution in [0.5, 0.6) is 17.2 Å². The van der Waals surface area contributed by atoms with Crippen molar-refractivity contribution in [3.05, 3.63) is 53.3 Å². The van der Waals surface area contributed by atoms with Crippen molar-refractivity contribution < 1.29 is 22.6 Å². The number of benzene rings is 2. The van der Waals surface area contributed by atoms with Gasteiger partial charge in [-0.15, -0.1) is 0 Å². The number of anilines is 1. The fourth-order valence-corrected chi connectivity index (χ4v) is 5.48. The summed E-state index contributed by atoms with van der Waals surface area (Å²) in [4.78, 5) is -0.118. The van der Waals surface area contributed by atoms with Crippen LogP contribution in [-0.4, -0.2) is 49.7 Å². The van der Waals surface area contributed by atoms with Crippen molar-refractivity contribution in [2.75, 3.05) is 26.1 Å². The zero-order chi connectivity index (χ0) is 23.9. The topological polar surface area (TPSA) is 132 Å². The molecule has 0 atom stereocenters. The van der Waals surface area contributed by atoms with Gasteiger partial charge in [0.05, 0.1) is 44.5 Å². The highest BCUT2D eigenvalue weighted by Gasteiger charge is 2.27. The van der Waals surface area contributed by atoms with E-state index in [9.17, 15) is 8.42 Å². The summed E-state index contributed by atoms with van der Waals surface area (Å²) < 4.78 is 47.1. The molecule has 11 nitrogen and oxygen atoms in total. The zero-order valence-electron chi connectivity index (χ0n) is 18.9. The van der Waals surface area contributed by atoms with Gasteiger partial charge in [0.1, 0.15) is 17.2 Å². The Morgan fingerprint density at radius 2 is 1.79 bits per heavy atom. The van der Waals surface area contributed by atoms with Crippen LogP contribution in [-0.2, 0) is 29.7 Å². The first-order valence-electron chi connectivity index (χ1n) is 10.5. The molecule has 0 bridgehead atoms. The van der Waals surface area contributed by atoms with Crippen molar-refractivity contribution in [3.8, 4) is 17.2 Å². The van der Waals surface area contributed by atoms with Crippen molar-refractivity contribution in [2.45, 2.75) is 24.5 Å². The Hall–Kier alpha value is -3.77. The van der Waals surface area contributed by atoms with Gasteiger partial charge in [-0.3, -0.25) is 14.5 Å². The lowest BCUT2D eigenvalue weighted by Gasteiger charge is -2.14. The second kappa shape index (κ2) is 8.54. The van der Waals surface area contributed by atoms with E-state index in [0.717, 1.165) is 24.3 Å². The lowest BCUT2D eigenvalue weighted by molar-refractivity contribution is 0.373. The quantitative estimate of drug-likeness (QED) is 0.347. The molecule has 0 amide bonds. The molecule has 1 aliphatic rings. The smallest absolute Gasteiger partial charge is 0.270 e. The normalized spacial score (nSPS) is 13.1. The first-order chi connectivity index (χ1) is 16.4. The number of hydrogen-bond donors (Lipinski definition) is 3. The molecule has 2 aromatic carbocycles. The molecular formula is C22H24N6O5S. The third-order valence-corrected chi connectivity index (χ3v) is 7.07. The Kier molecular flexibility index (Phi) is 5.54. The maximum Gasteiger partial charge on any atom is 0.270 e. The Morgan fingerprint density at radius 3 is 2.47 bits per heavy atom. The van der Waals surface area contributed by atoms with Gasteiger partial charge in [0.15, 0.2) is 10.7 Å². The fraction of sp³-hybridized carbons (Fsp3) is 0.273. The highest BCUT2D eigenvalue weighted by Crippen LogP contribution is 2.37. The molecule has 4 aromatic rings. The molecule has 5 rings (SSSR count). The van der Waals surface area contributed by atoms with Crippen LogP contribution < -0.4 is 24.2 Å². The van der Waals surface area contributed by atoms with Gasteiger partial charge in [0, 0.05) is 24.8 Å². The van der Waals surface area contributed by atoms with Crippen LogP contribution in [0.25, 0.3) is 10.9 Å². The second-order valence-corrected chi connectivity index (χ2v) is 9.41. The summed E-state index contributed by atoms with van der Waals surface area (Å²) in [5, 5.41) is 15.5. The number of aromatic nitrogens is 4. The molecule has 0 saturated carbocycles. The van der Waals surface area contributed by atoms with Gasteiger partial charge in [-0.05, 0) is 29.8 Å². The zero-order valence-corrected chi connectivity index (χ0v) is 19.7. The van der Waals surface area contributed by atoms with Crippen LogP contribution in [0.15, 0.2) is 41.4 Å². The first-order valence-corrected chi connectivity index (χ1v) is 12.0. The molecular weight excluding hydrogens is 460 g/mol. The number of fused-ring (bicyclic) bond motifs is 2. The number of sulfonamides is 1. The van der Waals surface area contributed by atoms with E-state index < -0.39 is 10.0 Å². The van der Waals surface area contributed by atoms with Crippen LogP contribution >= 0.6 is 0 Å². The number of hydrogen-bond acceptors (Lipinski definition) is 8. The summed E-state index contributed by atoms with van der Waals surface area (Å²) >= 11 is 0. The van der Waals surface area contributed by atoms with Gasteiger partial charge in [0.25, 0.3) is 10.0 Å². The Labute approximate surface area is 196 Å². The number of aromatic amines is 1. The van der Waals surface area contributed by atoms with Gasteiger partial charge in [-0.2, -0.15) is 10.2 Å². The standard InChI is InChI=1S/C22H24N6O5S/c1-31-17-5-4-6-18(32-2)21(17)34(29,30)27-22-20-15(24-25-22)7-13(8-19(20)33-3)11-28-12-14-9-23-10-16(14)26-28/h4-8,12,23H,9-11H2,1-3H3,(H2,24,25,27). The van der Waals surface area contributed by atoms with Gasteiger partial charge in [-0.1, -0.05) is 6.07 Å². The van der Waals surface area contributed by atoms with Gasteiger partial charge in [-0.25, -0.2) is 8.42 Å². The summed E-state index contributed by atoms with van der Waals surface area (Å²) in [6.45, 7) is 2.13.